The molecular weight excluding hydrogens is 308 g/mol. The Balaban J connectivity index is 2.09. The van der Waals surface area contributed by atoms with Crippen LogP contribution in [-0.4, -0.2) is 5.97 Å². The van der Waals surface area contributed by atoms with Crippen LogP contribution in [0.15, 0.2) is 42.5 Å². The van der Waals surface area contributed by atoms with Crippen LogP contribution < -0.4 is 4.74 Å². The van der Waals surface area contributed by atoms with Crippen LogP contribution in [0.3, 0.4) is 0 Å². The average molecular weight is 331 g/mol. The van der Waals surface area contributed by atoms with E-state index < -0.39 is 0 Å². The molecule has 0 saturated carbocycles. The molecule has 0 unspecified atom stereocenters. The molecule has 3 heteroatoms. The zero-order valence-corrected chi connectivity index (χ0v) is 14.5. The molecule has 2 nitrogen and oxygen atoms in total. The van der Waals surface area contributed by atoms with Crippen LogP contribution in [0.2, 0.25) is 5.02 Å². The van der Waals surface area contributed by atoms with Crippen LogP contribution in [0.4, 0.5) is 0 Å². The zero-order chi connectivity index (χ0) is 16.7. The summed E-state index contributed by atoms with van der Waals surface area (Å²) in [6.07, 6.45) is 5.21. The number of rotatable bonds is 7. The Morgan fingerprint density at radius 1 is 1.00 bits per heavy atom. The summed E-state index contributed by atoms with van der Waals surface area (Å²) in [7, 11) is 0. The molecule has 0 spiro atoms. The van der Waals surface area contributed by atoms with Crippen molar-refractivity contribution in [3.05, 3.63) is 53.1 Å². The van der Waals surface area contributed by atoms with Crippen LogP contribution in [-0.2, 0) is 11.2 Å². The summed E-state index contributed by atoms with van der Waals surface area (Å²) in [5.74, 6) is 0.134. The molecular formula is C20H23ClO2. The van der Waals surface area contributed by atoms with E-state index in [0.717, 1.165) is 17.5 Å². The van der Waals surface area contributed by atoms with Crippen LogP contribution in [0.5, 0.6) is 5.75 Å². The third kappa shape index (κ3) is 5.11. The van der Waals surface area contributed by atoms with Gasteiger partial charge < -0.3 is 4.74 Å². The number of aryl methyl sites for hydroxylation is 1. The summed E-state index contributed by atoms with van der Waals surface area (Å²) < 4.78 is 5.19. The summed E-state index contributed by atoms with van der Waals surface area (Å²) in [6, 6.07) is 14.1. The first-order chi connectivity index (χ1) is 11.1. The van der Waals surface area contributed by atoms with E-state index in [2.05, 4.69) is 31.2 Å². The molecule has 2 aromatic carbocycles. The highest BCUT2D eigenvalue weighted by atomic mass is 35.5. The van der Waals surface area contributed by atoms with Gasteiger partial charge in [-0.15, -0.1) is 0 Å². The van der Waals surface area contributed by atoms with Crippen molar-refractivity contribution in [2.75, 3.05) is 0 Å². The van der Waals surface area contributed by atoms with Crippen molar-refractivity contribution in [2.24, 2.45) is 0 Å². The normalized spacial score (nSPS) is 10.6. The lowest BCUT2D eigenvalue weighted by Crippen LogP contribution is -2.05. The third-order valence-electron chi connectivity index (χ3n) is 3.80. The second-order valence-electron chi connectivity index (χ2n) is 5.63. The first-order valence-electron chi connectivity index (χ1n) is 8.23. The van der Waals surface area contributed by atoms with Gasteiger partial charge in [-0.1, -0.05) is 68.6 Å². The van der Waals surface area contributed by atoms with Gasteiger partial charge in [0.2, 0.25) is 0 Å². The van der Waals surface area contributed by atoms with Crippen LogP contribution in [0.1, 0.15) is 45.1 Å². The van der Waals surface area contributed by atoms with Crippen molar-refractivity contribution in [1.29, 1.82) is 0 Å². The van der Waals surface area contributed by atoms with Crippen molar-refractivity contribution < 1.29 is 9.53 Å². The molecule has 0 radical (unpaired) electrons. The van der Waals surface area contributed by atoms with Gasteiger partial charge in [-0.05, 0) is 41.7 Å². The SMILES string of the molecule is CCCCCc1ccc(-c2ccc(OC(=O)CC)c(Cl)c2)cc1. The summed E-state index contributed by atoms with van der Waals surface area (Å²) in [5, 5.41) is 0.455. The summed E-state index contributed by atoms with van der Waals surface area (Å²) >= 11 is 6.22. The van der Waals surface area contributed by atoms with Gasteiger partial charge in [0.25, 0.3) is 0 Å². The van der Waals surface area contributed by atoms with E-state index >= 15 is 0 Å². The predicted molar refractivity (Wildman–Crippen MR) is 96.0 cm³/mol. The summed E-state index contributed by atoms with van der Waals surface area (Å²) in [6.45, 7) is 3.97. The second-order valence-corrected chi connectivity index (χ2v) is 6.03. The van der Waals surface area contributed by atoms with E-state index in [-0.39, 0.29) is 5.97 Å². The van der Waals surface area contributed by atoms with Crippen LogP contribution >= 0.6 is 11.6 Å². The van der Waals surface area contributed by atoms with E-state index in [1.54, 1.807) is 13.0 Å². The number of hydrogen-bond acceptors (Lipinski definition) is 2. The number of unbranched alkanes of at least 4 members (excludes halogenated alkanes) is 2. The van der Waals surface area contributed by atoms with Crippen molar-refractivity contribution in [2.45, 2.75) is 46.0 Å². The molecule has 0 heterocycles. The molecule has 0 aliphatic carbocycles. The summed E-state index contributed by atoms with van der Waals surface area (Å²) in [4.78, 5) is 11.4. The lowest BCUT2D eigenvalue weighted by molar-refractivity contribution is -0.134. The minimum Gasteiger partial charge on any atom is -0.425 e. The summed E-state index contributed by atoms with van der Waals surface area (Å²) in [5.41, 5.74) is 3.49. The number of ether oxygens (including phenoxy) is 1. The topological polar surface area (TPSA) is 26.3 Å². The van der Waals surface area contributed by atoms with Crippen LogP contribution in [0, 0.1) is 0 Å². The van der Waals surface area contributed by atoms with Gasteiger partial charge in [0, 0.05) is 6.42 Å². The molecule has 2 rings (SSSR count). The molecule has 0 saturated heterocycles. The number of carbonyl (C=O) groups excluding carboxylic acids is 1. The predicted octanol–water partition coefficient (Wildman–Crippen LogP) is 6.06. The smallest absolute Gasteiger partial charge is 0.310 e. The minimum atomic E-state index is -0.281. The molecule has 23 heavy (non-hydrogen) atoms. The highest BCUT2D eigenvalue weighted by Gasteiger charge is 2.08. The van der Waals surface area contributed by atoms with Gasteiger partial charge in [0.1, 0.15) is 5.75 Å². The molecule has 0 atom stereocenters. The highest BCUT2D eigenvalue weighted by Crippen LogP contribution is 2.31. The Hall–Kier alpha value is -1.80. The van der Waals surface area contributed by atoms with Gasteiger partial charge in [-0.2, -0.15) is 0 Å². The monoisotopic (exact) mass is 330 g/mol. The number of carbonyl (C=O) groups is 1. The molecule has 0 aromatic heterocycles. The Morgan fingerprint density at radius 2 is 1.70 bits per heavy atom. The van der Waals surface area contributed by atoms with Crippen LogP contribution in [0.25, 0.3) is 11.1 Å². The largest absolute Gasteiger partial charge is 0.425 e. The number of halogens is 1. The van der Waals surface area contributed by atoms with E-state index in [0.29, 0.717) is 17.2 Å². The van der Waals surface area contributed by atoms with E-state index in [1.807, 2.05) is 12.1 Å². The number of hydrogen-bond donors (Lipinski definition) is 0. The maximum atomic E-state index is 11.4. The van der Waals surface area contributed by atoms with E-state index in [1.165, 1.54) is 24.8 Å². The molecule has 0 aliphatic heterocycles. The standard InChI is InChI=1S/C20H23ClO2/c1-3-5-6-7-15-8-10-16(11-9-15)17-12-13-19(18(21)14-17)23-20(22)4-2/h8-14H,3-7H2,1-2H3. The Morgan fingerprint density at radius 3 is 2.30 bits per heavy atom. The van der Waals surface area contributed by atoms with E-state index in [9.17, 15) is 4.79 Å². The molecule has 0 N–H and O–H groups in total. The fourth-order valence-electron chi connectivity index (χ4n) is 2.40. The van der Waals surface area contributed by atoms with Crippen molar-refractivity contribution in [1.82, 2.24) is 0 Å². The van der Waals surface area contributed by atoms with Crippen molar-refractivity contribution >= 4 is 17.6 Å². The van der Waals surface area contributed by atoms with Gasteiger partial charge in [0.15, 0.2) is 0 Å². The maximum absolute atomic E-state index is 11.4. The van der Waals surface area contributed by atoms with Crippen molar-refractivity contribution in [3.63, 3.8) is 0 Å². The van der Waals surface area contributed by atoms with Gasteiger partial charge in [0.05, 0.1) is 5.02 Å². The second kappa shape index (κ2) is 8.73. The lowest BCUT2D eigenvalue weighted by Gasteiger charge is -2.08. The maximum Gasteiger partial charge on any atom is 0.310 e. The third-order valence-corrected chi connectivity index (χ3v) is 4.10. The first-order valence-corrected chi connectivity index (χ1v) is 8.61. The first kappa shape index (κ1) is 17.6. The van der Waals surface area contributed by atoms with Gasteiger partial charge in [-0.3, -0.25) is 4.79 Å². The molecule has 122 valence electrons. The van der Waals surface area contributed by atoms with E-state index in [4.69, 9.17) is 16.3 Å². The lowest BCUT2D eigenvalue weighted by atomic mass is 10.0. The Kier molecular flexibility index (Phi) is 6.66. The Bertz CT molecular complexity index is 647. The minimum absolute atomic E-state index is 0.281. The van der Waals surface area contributed by atoms with Gasteiger partial charge >= 0.3 is 5.97 Å². The molecule has 2 aromatic rings. The highest BCUT2D eigenvalue weighted by molar-refractivity contribution is 6.32. The Labute approximate surface area is 143 Å². The zero-order valence-electron chi connectivity index (χ0n) is 13.8. The molecule has 0 fully saturated rings. The molecule has 0 amide bonds. The number of esters is 1. The fourth-order valence-corrected chi connectivity index (χ4v) is 2.62. The fraction of sp³-hybridized carbons (Fsp3) is 0.350. The average Bonchev–Trinajstić information content (AvgIpc) is 2.57. The van der Waals surface area contributed by atoms with Crippen molar-refractivity contribution in [3.8, 4) is 16.9 Å². The number of benzene rings is 2. The van der Waals surface area contributed by atoms with Gasteiger partial charge in [-0.25, -0.2) is 0 Å². The molecule has 0 bridgehead atoms. The quantitative estimate of drug-likeness (QED) is 0.350. The molecule has 0 aliphatic rings.